The van der Waals surface area contributed by atoms with E-state index in [1.807, 2.05) is 19.9 Å². The molecular weight excluding hydrogens is 240 g/mol. The highest BCUT2D eigenvalue weighted by molar-refractivity contribution is 5.80. The van der Waals surface area contributed by atoms with Crippen LogP contribution in [0.1, 0.15) is 25.0 Å². The van der Waals surface area contributed by atoms with Gasteiger partial charge in [0.05, 0.1) is 12.0 Å². The quantitative estimate of drug-likeness (QED) is 0.759. The van der Waals surface area contributed by atoms with Crippen molar-refractivity contribution >= 4 is 5.91 Å². The Morgan fingerprint density at radius 2 is 2.26 bits per heavy atom. The lowest BCUT2D eigenvalue weighted by Crippen LogP contribution is -2.40. The van der Waals surface area contributed by atoms with E-state index in [0.29, 0.717) is 6.54 Å². The summed E-state index contributed by atoms with van der Waals surface area (Å²) in [5, 5.41) is 3.29. The third kappa shape index (κ3) is 3.47. The first-order chi connectivity index (χ1) is 8.99. The Hall–Kier alpha value is -1.55. The van der Waals surface area contributed by atoms with Crippen molar-refractivity contribution in [1.29, 1.82) is 0 Å². The van der Waals surface area contributed by atoms with Crippen molar-refractivity contribution in [2.45, 2.75) is 26.7 Å². The minimum absolute atomic E-state index is 0.269. The van der Waals surface area contributed by atoms with Crippen molar-refractivity contribution in [2.24, 2.45) is 11.1 Å². The van der Waals surface area contributed by atoms with Crippen LogP contribution in [0.25, 0.3) is 0 Å². The van der Waals surface area contributed by atoms with Crippen molar-refractivity contribution in [3.63, 3.8) is 0 Å². The van der Waals surface area contributed by atoms with Crippen LogP contribution in [-0.4, -0.2) is 25.6 Å². The molecule has 2 rings (SSSR count). The van der Waals surface area contributed by atoms with Crippen molar-refractivity contribution in [3.05, 3.63) is 29.3 Å². The number of primary amides is 1. The van der Waals surface area contributed by atoms with E-state index >= 15 is 0 Å². The van der Waals surface area contributed by atoms with Gasteiger partial charge in [0, 0.05) is 13.0 Å². The van der Waals surface area contributed by atoms with E-state index in [9.17, 15) is 4.79 Å². The second-order valence-corrected chi connectivity index (χ2v) is 5.72. The Morgan fingerprint density at radius 1 is 1.47 bits per heavy atom. The predicted molar refractivity (Wildman–Crippen MR) is 75.2 cm³/mol. The van der Waals surface area contributed by atoms with Gasteiger partial charge in [-0.25, -0.2) is 0 Å². The number of amides is 1. The standard InChI is InChI=1S/C15H22N2O2/c1-15(2,14(16)18)10-17-7-5-11-3-4-13-12(9-11)6-8-19-13/h3-4,9,17H,5-8,10H2,1-2H3,(H2,16,18). The summed E-state index contributed by atoms with van der Waals surface area (Å²) in [6.45, 7) is 5.96. The number of hydrogen-bond donors (Lipinski definition) is 2. The highest BCUT2D eigenvalue weighted by atomic mass is 16.5. The summed E-state index contributed by atoms with van der Waals surface area (Å²) >= 11 is 0. The zero-order valence-electron chi connectivity index (χ0n) is 11.7. The Morgan fingerprint density at radius 3 is 3.00 bits per heavy atom. The molecule has 104 valence electrons. The van der Waals surface area contributed by atoms with Gasteiger partial charge in [-0.15, -0.1) is 0 Å². The average Bonchev–Trinajstić information content (AvgIpc) is 2.81. The Balaban J connectivity index is 1.79. The van der Waals surface area contributed by atoms with Crippen molar-refractivity contribution < 1.29 is 9.53 Å². The largest absolute Gasteiger partial charge is 0.493 e. The SMILES string of the molecule is CC(C)(CNCCc1ccc2c(c1)CCO2)C(N)=O. The van der Waals surface area contributed by atoms with Gasteiger partial charge in [-0.05, 0) is 44.0 Å². The number of carbonyl (C=O) groups is 1. The van der Waals surface area contributed by atoms with Gasteiger partial charge in [0.1, 0.15) is 5.75 Å². The van der Waals surface area contributed by atoms with Crippen molar-refractivity contribution in [3.8, 4) is 5.75 Å². The van der Waals surface area contributed by atoms with Gasteiger partial charge in [0.25, 0.3) is 0 Å². The van der Waals surface area contributed by atoms with Crippen LogP contribution in [0.3, 0.4) is 0 Å². The molecule has 0 aliphatic carbocycles. The van der Waals surface area contributed by atoms with Crippen LogP contribution in [0.15, 0.2) is 18.2 Å². The fraction of sp³-hybridized carbons (Fsp3) is 0.533. The zero-order valence-corrected chi connectivity index (χ0v) is 11.7. The summed E-state index contributed by atoms with van der Waals surface area (Å²) < 4.78 is 5.48. The van der Waals surface area contributed by atoms with E-state index in [1.54, 1.807) is 0 Å². The molecule has 3 N–H and O–H groups in total. The summed E-state index contributed by atoms with van der Waals surface area (Å²) in [5.74, 6) is 0.751. The Bertz CT molecular complexity index is 469. The predicted octanol–water partition coefficient (Wildman–Crippen LogP) is 1.27. The Labute approximate surface area is 114 Å². The first-order valence-corrected chi connectivity index (χ1v) is 6.74. The lowest BCUT2D eigenvalue weighted by Gasteiger charge is -2.20. The molecule has 0 spiro atoms. The van der Waals surface area contributed by atoms with Crippen LogP contribution in [0.5, 0.6) is 5.75 Å². The summed E-state index contributed by atoms with van der Waals surface area (Å²) in [6, 6.07) is 6.36. The zero-order chi connectivity index (χ0) is 13.9. The minimum Gasteiger partial charge on any atom is -0.493 e. The van der Waals surface area contributed by atoms with E-state index in [1.165, 1.54) is 11.1 Å². The molecular formula is C15H22N2O2. The highest BCUT2D eigenvalue weighted by Gasteiger charge is 2.23. The molecule has 19 heavy (non-hydrogen) atoms. The molecule has 0 atom stereocenters. The molecule has 4 nitrogen and oxygen atoms in total. The lowest BCUT2D eigenvalue weighted by molar-refractivity contribution is -0.125. The fourth-order valence-electron chi connectivity index (χ4n) is 2.12. The van der Waals surface area contributed by atoms with Gasteiger partial charge in [-0.2, -0.15) is 0 Å². The van der Waals surface area contributed by atoms with E-state index in [2.05, 4.69) is 17.4 Å². The first-order valence-electron chi connectivity index (χ1n) is 6.74. The van der Waals surface area contributed by atoms with E-state index in [-0.39, 0.29) is 5.91 Å². The number of nitrogens with two attached hydrogens (primary N) is 1. The second-order valence-electron chi connectivity index (χ2n) is 5.72. The average molecular weight is 262 g/mol. The molecule has 0 radical (unpaired) electrons. The fourth-order valence-corrected chi connectivity index (χ4v) is 2.12. The van der Waals surface area contributed by atoms with Gasteiger partial charge in [-0.3, -0.25) is 4.79 Å². The number of ether oxygens (including phenoxy) is 1. The summed E-state index contributed by atoms with van der Waals surface area (Å²) in [6.07, 6.45) is 1.95. The van der Waals surface area contributed by atoms with Crippen LogP contribution < -0.4 is 15.8 Å². The summed E-state index contributed by atoms with van der Waals surface area (Å²) in [4.78, 5) is 11.2. The number of carbonyl (C=O) groups excluding carboxylic acids is 1. The molecule has 0 fully saturated rings. The Kier molecular flexibility index (Phi) is 4.10. The molecule has 0 saturated carbocycles. The number of benzene rings is 1. The van der Waals surface area contributed by atoms with Crippen LogP contribution in [-0.2, 0) is 17.6 Å². The van der Waals surface area contributed by atoms with E-state index < -0.39 is 5.41 Å². The maximum atomic E-state index is 11.2. The third-order valence-electron chi connectivity index (χ3n) is 3.58. The molecule has 0 saturated heterocycles. The van der Waals surface area contributed by atoms with Gasteiger partial charge in [0.15, 0.2) is 0 Å². The number of rotatable bonds is 6. The second kappa shape index (κ2) is 5.61. The molecule has 1 heterocycles. The number of fused-ring (bicyclic) bond motifs is 1. The van der Waals surface area contributed by atoms with Crippen LogP contribution >= 0.6 is 0 Å². The van der Waals surface area contributed by atoms with Gasteiger partial charge in [-0.1, -0.05) is 12.1 Å². The topological polar surface area (TPSA) is 64.3 Å². The van der Waals surface area contributed by atoms with Gasteiger partial charge < -0.3 is 15.8 Å². The molecule has 1 aliphatic rings. The van der Waals surface area contributed by atoms with Gasteiger partial charge in [0.2, 0.25) is 5.91 Å². The molecule has 1 aliphatic heterocycles. The lowest BCUT2D eigenvalue weighted by atomic mass is 9.93. The molecule has 4 heteroatoms. The van der Waals surface area contributed by atoms with Crippen LogP contribution in [0.4, 0.5) is 0 Å². The molecule has 0 bridgehead atoms. The smallest absolute Gasteiger partial charge is 0.224 e. The minimum atomic E-state index is -0.494. The van der Waals surface area contributed by atoms with Crippen LogP contribution in [0.2, 0.25) is 0 Å². The summed E-state index contributed by atoms with van der Waals surface area (Å²) in [7, 11) is 0. The number of nitrogens with one attached hydrogen (secondary N) is 1. The molecule has 1 amide bonds. The maximum absolute atomic E-state index is 11.2. The van der Waals surface area contributed by atoms with Crippen LogP contribution in [0, 0.1) is 5.41 Å². The highest BCUT2D eigenvalue weighted by Crippen LogP contribution is 2.25. The van der Waals surface area contributed by atoms with E-state index in [0.717, 1.165) is 31.7 Å². The van der Waals surface area contributed by atoms with Crippen molar-refractivity contribution in [2.75, 3.05) is 19.7 Å². The summed E-state index contributed by atoms with van der Waals surface area (Å²) in [5.41, 5.74) is 7.44. The third-order valence-corrected chi connectivity index (χ3v) is 3.58. The normalized spacial score (nSPS) is 14.0. The number of hydrogen-bond acceptors (Lipinski definition) is 3. The first kappa shape index (κ1) is 13.9. The molecule has 0 aromatic heterocycles. The van der Waals surface area contributed by atoms with Gasteiger partial charge >= 0.3 is 0 Å². The molecule has 1 aromatic carbocycles. The molecule has 0 unspecified atom stereocenters. The molecule has 1 aromatic rings. The van der Waals surface area contributed by atoms with E-state index in [4.69, 9.17) is 10.5 Å². The maximum Gasteiger partial charge on any atom is 0.224 e. The monoisotopic (exact) mass is 262 g/mol. The van der Waals surface area contributed by atoms with Crippen molar-refractivity contribution in [1.82, 2.24) is 5.32 Å².